The number of ether oxygens (including phenoxy) is 3. The molecular formula is C29H27F2N3O7. The maximum atomic E-state index is 15.4. The predicted octanol–water partition coefficient (Wildman–Crippen LogP) is 4.96. The maximum absolute atomic E-state index is 15.4. The van der Waals surface area contributed by atoms with Gasteiger partial charge in [0.05, 0.1) is 18.3 Å². The van der Waals surface area contributed by atoms with E-state index in [2.05, 4.69) is 9.84 Å². The number of rotatable bonds is 4. The van der Waals surface area contributed by atoms with Gasteiger partial charge in [-0.15, -0.1) is 0 Å². The second-order valence-electron chi connectivity index (χ2n) is 10.8. The SMILES string of the molecule is CC(C)(C)OC(=O)OC(=O)Oc1c2n(ncc1=O)[C@@H]([C@H](c1ccccc1)c1cccc(F)c1F)[C@H]1CCCN1C2=O. The van der Waals surface area contributed by atoms with Crippen molar-refractivity contribution in [2.45, 2.75) is 57.2 Å². The van der Waals surface area contributed by atoms with Gasteiger partial charge in [0.25, 0.3) is 5.91 Å². The normalized spacial score (nSPS) is 18.8. The maximum Gasteiger partial charge on any atom is 0.524 e. The van der Waals surface area contributed by atoms with Crippen LogP contribution >= 0.6 is 0 Å². The van der Waals surface area contributed by atoms with Crippen LogP contribution in [0.1, 0.15) is 67.2 Å². The van der Waals surface area contributed by atoms with Gasteiger partial charge in [-0.05, 0) is 45.2 Å². The highest BCUT2D eigenvalue weighted by atomic mass is 19.2. The molecule has 0 saturated carbocycles. The van der Waals surface area contributed by atoms with Crippen LogP contribution in [-0.2, 0) is 9.47 Å². The minimum Gasteiger partial charge on any atom is -0.428 e. The van der Waals surface area contributed by atoms with Gasteiger partial charge in [-0.3, -0.25) is 9.59 Å². The quantitative estimate of drug-likeness (QED) is 0.321. The fourth-order valence-corrected chi connectivity index (χ4v) is 5.46. The van der Waals surface area contributed by atoms with Gasteiger partial charge in [-0.2, -0.15) is 5.10 Å². The lowest BCUT2D eigenvalue weighted by Crippen LogP contribution is -2.51. The van der Waals surface area contributed by atoms with Crippen LogP contribution in [0.5, 0.6) is 5.75 Å². The number of nitrogens with zero attached hydrogens (tertiary/aromatic N) is 3. The third kappa shape index (κ3) is 5.41. The van der Waals surface area contributed by atoms with Gasteiger partial charge in [0.2, 0.25) is 11.2 Å². The van der Waals surface area contributed by atoms with Crippen LogP contribution in [0, 0.1) is 11.6 Å². The number of benzene rings is 2. The highest BCUT2D eigenvalue weighted by Crippen LogP contribution is 2.46. The third-order valence-corrected chi connectivity index (χ3v) is 6.96. The highest BCUT2D eigenvalue weighted by molar-refractivity contribution is 5.97. The van der Waals surface area contributed by atoms with Crippen molar-refractivity contribution >= 4 is 18.2 Å². The summed E-state index contributed by atoms with van der Waals surface area (Å²) in [6, 6.07) is 11.3. The van der Waals surface area contributed by atoms with Crippen LogP contribution in [0.3, 0.4) is 0 Å². The first-order valence-electron chi connectivity index (χ1n) is 13.0. The molecule has 5 rings (SSSR count). The fraction of sp³-hybridized carbons (Fsp3) is 0.345. The first-order chi connectivity index (χ1) is 19.5. The molecule has 1 fully saturated rings. The lowest BCUT2D eigenvalue weighted by atomic mass is 9.79. The molecule has 0 aliphatic carbocycles. The van der Waals surface area contributed by atoms with Crippen LogP contribution in [0.15, 0.2) is 59.5 Å². The Bertz CT molecular complexity index is 1570. The molecule has 3 aromatic rings. The van der Waals surface area contributed by atoms with Crippen LogP contribution in [0.2, 0.25) is 0 Å². The number of carbonyl (C=O) groups excluding carboxylic acids is 3. The highest BCUT2D eigenvalue weighted by Gasteiger charge is 2.49. The average molecular weight is 568 g/mol. The Morgan fingerprint density at radius 3 is 2.46 bits per heavy atom. The third-order valence-electron chi connectivity index (χ3n) is 6.96. The van der Waals surface area contributed by atoms with E-state index >= 15 is 4.39 Å². The molecule has 3 heterocycles. The lowest BCUT2D eigenvalue weighted by Gasteiger charge is -2.42. The standard InChI is InChI=1S/C29H27F2N3O7/c1-29(2,3)41-28(38)40-27(37)39-25-20(35)15-32-34-23(19-13-8-14-33(19)26(36)24(25)34)21(16-9-5-4-6-10-16)17-11-7-12-18(30)22(17)31/h4-7,9-12,15,19,21,23H,8,13-14H2,1-3H3/t19-,21-,23-/m1/s1. The Kier molecular flexibility index (Phi) is 7.33. The molecule has 1 amide bonds. The molecule has 0 spiro atoms. The topological polar surface area (TPSA) is 117 Å². The van der Waals surface area contributed by atoms with Crippen LogP contribution in [0.4, 0.5) is 18.4 Å². The largest absolute Gasteiger partial charge is 0.524 e. The average Bonchev–Trinajstić information content (AvgIpc) is 3.39. The van der Waals surface area contributed by atoms with Gasteiger partial charge in [0.15, 0.2) is 17.3 Å². The second kappa shape index (κ2) is 10.8. The number of fused-ring (bicyclic) bond motifs is 2. The van der Waals surface area contributed by atoms with Crippen molar-refractivity contribution in [2.24, 2.45) is 0 Å². The summed E-state index contributed by atoms with van der Waals surface area (Å²) in [5, 5.41) is 4.23. The van der Waals surface area contributed by atoms with Crippen LogP contribution in [-0.4, -0.2) is 51.1 Å². The van der Waals surface area contributed by atoms with E-state index in [1.807, 2.05) is 0 Å². The molecular weight excluding hydrogens is 540 g/mol. The molecule has 10 nitrogen and oxygen atoms in total. The molecule has 0 unspecified atom stereocenters. The molecule has 214 valence electrons. The summed E-state index contributed by atoms with van der Waals surface area (Å²) >= 11 is 0. The monoisotopic (exact) mass is 567 g/mol. The van der Waals surface area contributed by atoms with Crippen molar-refractivity contribution in [1.29, 1.82) is 0 Å². The fourth-order valence-electron chi connectivity index (χ4n) is 5.46. The molecule has 12 heteroatoms. The van der Waals surface area contributed by atoms with Gasteiger partial charge in [-0.1, -0.05) is 42.5 Å². The van der Waals surface area contributed by atoms with Crippen molar-refractivity contribution in [2.75, 3.05) is 6.54 Å². The Balaban J connectivity index is 1.65. The van der Waals surface area contributed by atoms with Gasteiger partial charge in [0.1, 0.15) is 5.60 Å². The van der Waals surface area contributed by atoms with E-state index in [4.69, 9.17) is 9.47 Å². The van der Waals surface area contributed by atoms with E-state index in [0.29, 0.717) is 24.9 Å². The van der Waals surface area contributed by atoms with Crippen LogP contribution < -0.4 is 10.2 Å². The summed E-state index contributed by atoms with van der Waals surface area (Å²) in [5.74, 6) is -4.30. The van der Waals surface area contributed by atoms with E-state index in [9.17, 15) is 23.6 Å². The Morgan fingerprint density at radius 1 is 1.02 bits per heavy atom. The molecule has 1 saturated heterocycles. The summed E-state index contributed by atoms with van der Waals surface area (Å²) in [7, 11) is 0. The predicted molar refractivity (Wildman–Crippen MR) is 140 cm³/mol. The summed E-state index contributed by atoms with van der Waals surface area (Å²) in [6.07, 6.45) is -0.959. The molecule has 2 aliphatic rings. The first-order valence-corrected chi connectivity index (χ1v) is 13.0. The summed E-state index contributed by atoms with van der Waals surface area (Å²) in [6.45, 7) is 4.99. The molecule has 3 atom stereocenters. The number of carbonyl (C=O) groups is 3. The Morgan fingerprint density at radius 2 is 1.76 bits per heavy atom. The summed E-state index contributed by atoms with van der Waals surface area (Å²) < 4.78 is 45.7. The van der Waals surface area contributed by atoms with Gasteiger partial charge < -0.3 is 19.1 Å². The Hall–Kier alpha value is -4.61. The number of aromatic nitrogens is 2. The lowest BCUT2D eigenvalue weighted by molar-refractivity contribution is 0.00125. The zero-order chi connectivity index (χ0) is 29.5. The summed E-state index contributed by atoms with van der Waals surface area (Å²) in [4.78, 5) is 52.6. The zero-order valence-corrected chi connectivity index (χ0v) is 22.5. The van der Waals surface area contributed by atoms with E-state index in [0.717, 1.165) is 12.3 Å². The van der Waals surface area contributed by atoms with Crippen molar-refractivity contribution in [1.82, 2.24) is 14.7 Å². The van der Waals surface area contributed by atoms with Gasteiger partial charge >= 0.3 is 12.3 Å². The zero-order valence-electron chi connectivity index (χ0n) is 22.5. The van der Waals surface area contributed by atoms with Crippen LogP contribution in [0.25, 0.3) is 0 Å². The van der Waals surface area contributed by atoms with Crippen molar-refractivity contribution in [3.05, 3.63) is 93.4 Å². The van der Waals surface area contributed by atoms with E-state index in [1.54, 1.807) is 51.1 Å². The number of amides is 1. The summed E-state index contributed by atoms with van der Waals surface area (Å²) in [5.41, 5.74) is -1.63. The number of hydrogen-bond acceptors (Lipinski definition) is 8. The molecule has 2 aromatic carbocycles. The minimum atomic E-state index is -1.59. The number of hydrogen-bond donors (Lipinski definition) is 0. The van der Waals surface area contributed by atoms with Crippen molar-refractivity contribution < 1.29 is 37.4 Å². The van der Waals surface area contributed by atoms with Crippen molar-refractivity contribution in [3.8, 4) is 5.75 Å². The van der Waals surface area contributed by atoms with Gasteiger partial charge in [0, 0.05) is 18.0 Å². The van der Waals surface area contributed by atoms with E-state index in [1.165, 1.54) is 21.7 Å². The minimum absolute atomic E-state index is 0.0284. The molecule has 0 N–H and O–H groups in total. The van der Waals surface area contributed by atoms with Gasteiger partial charge in [-0.25, -0.2) is 23.1 Å². The smallest absolute Gasteiger partial charge is 0.428 e. The molecule has 0 bridgehead atoms. The van der Waals surface area contributed by atoms with Crippen molar-refractivity contribution in [3.63, 3.8) is 0 Å². The molecule has 2 aliphatic heterocycles. The molecule has 1 aromatic heterocycles. The first kappa shape index (κ1) is 27.9. The van der Waals surface area contributed by atoms with E-state index in [-0.39, 0.29) is 11.3 Å². The molecule has 41 heavy (non-hydrogen) atoms. The second-order valence-corrected chi connectivity index (χ2v) is 10.8. The number of halogens is 2. The molecule has 0 radical (unpaired) electrons. The van der Waals surface area contributed by atoms with E-state index < -0.39 is 64.6 Å². The Labute approximate surface area is 233 Å².